The van der Waals surface area contributed by atoms with Gasteiger partial charge in [-0.15, -0.1) is 0 Å². The number of hydrogen-bond acceptors (Lipinski definition) is 4. The molecule has 0 saturated carbocycles. The number of rotatable bonds is 5. The first-order valence-corrected chi connectivity index (χ1v) is 6.72. The molecule has 1 aromatic rings. The van der Waals surface area contributed by atoms with Crippen LogP contribution < -0.4 is 5.32 Å². The van der Waals surface area contributed by atoms with Gasteiger partial charge in [-0.2, -0.15) is 13.2 Å². The van der Waals surface area contributed by atoms with E-state index in [2.05, 4.69) is 0 Å². The molecule has 0 atom stereocenters. The maximum atomic E-state index is 13.0. The Labute approximate surface area is 115 Å². The molecular formula is C10H9F6NO3S. The highest BCUT2D eigenvalue weighted by Crippen LogP contribution is 2.35. The second-order valence-electron chi connectivity index (χ2n) is 3.96. The summed E-state index contributed by atoms with van der Waals surface area (Å²) >= 11 is 0. The third kappa shape index (κ3) is 4.00. The molecule has 0 aromatic heterocycles. The first-order valence-electron chi connectivity index (χ1n) is 5.24. The van der Waals surface area contributed by atoms with Crippen LogP contribution in [0.1, 0.15) is 0 Å². The zero-order valence-corrected chi connectivity index (χ0v) is 10.9. The first-order chi connectivity index (χ1) is 9.40. The summed E-state index contributed by atoms with van der Waals surface area (Å²) in [6, 6.07) is 1.26. The van der Waals surface area contributed by atoms with Gasteiger partial charge in [0.1, 0.15) is 17.3 Å². The number of nitrogens with one attached hydrogen (secondary N) is 1. The zero-order valence-electron chi connectivity index (χ0n) is 10.1. The van der Waals surface area contributed by atoms with E-state index in [0.29, 0.717) is 12.1 Å². The van der Waals surface area contributed by atoms with Crippen LogP contribution in [0, 0.1) is 5.82 Å². The average molecular weight is 337 g/mol. The summed E-state index contributed by atoms with van der Waals surface area (Å²) in [5.41, 5.74) is -6.56. The Balaban J connectivity index is 3.25. The van der Waals surface area contributed by atoms with E-state index >= 15 is 0 Å². The lowest BCUT2D eigenvalue weighted by molar-refractivity contribution is -0.0435. The van der Waals surface area contributed by atoms with E-state index < -0.39 is 50.8 Å². The van der Waals surface area contributed by atoms with E-state index in [-0.39, 0.29) is 6.07 Å². The van der Waals surface area contributed by atoms with Crippen LogP contribution in [-0.4, -0.2) is 38.1 Å². The third-order valence-electron chi connectivity index (χ3n) is 2.31. The van der Waals surface area contributed by atoms with Crippen LogP contribution in [0.5, 0.6) is 0 Å². The molecule has 1 aromatic carbocycles. The minimum Gasteiger partial charge on any atom is -0.390 e. The molecule has 0 aliphatic heterocycles. The molecule has 0 aliphatic rings. The van der Waals surface area contributed by atoms with Crippen molar-refractivity contribution in [1.29, 1.82) is 0 Å². The summed E-state index contributed by atoms with van der Waals surface area (Å²) < 4.78 is 98.4. The topological polar surface area (TPSA) is 66.4 Å². The van der Waals surface area contributed by atoms with E-state index in [4.69, 9.17) is 5.11 Å². The Bertz CT molecular complexity index is 614. The van der Waals surface area contributed by atoms with Crippen molar-refractivity contribution in [2.24, 2.45) is 0 Å². The molecule has 0 aliphatic carbocycles. The largest absolute Gasteiger partial charge is 0.501 e. The van der Waals surface area contributed by atoms with E-state index in [1.165, 1.54) is 0 Å². The molecule has 0 amide bonds. The predicted octanol–water partition coefficient (Wildman–Crippen LogP) is 2.16. The van der Waals surface area contributed by atoms with Gasteiger partial charge in [0, 0.05) is 0 Å². The van der Waals surface area contributed by atoms with Crippen LogP contribution in [0.2, 0.25) is 0 Å². The van der Waals surface area contributed by atoms with Gasteiger partial charge in [-0.3, -0.25) is 0 Å². The van der Waals surface area contributed by atoms with Gasteiger partial charge in [-0.25, -0.2) is 21.6 Å². The fourth-order valence-corrected chi connectivity index (χ4v) is 2.22. The normalized spacial score (nSPS) is 13.3. The molecule has 0 saturated heterocycles. The third-order valence-corrected chi connectivity index (χ3v) is 3.83. The Morgan fingerprint density at radius 3 is 2.19 bits per heavy atom. The SMILES string of the molecule is O=S(=O)(c1cc(F)ccc1NCC(F)(F)CO)C(F)(F)F. The molecule has 0 unspecified atom stereocenters. The fraction of sp³-hybridized carbons (Fsp3) is 0.400. The van der Waals surface area contributed by atoms with Crippen molar-refractivity contribution in [3.05, 3.63) is 24.0 Å². The van der Waals surface area contributed by atoms with Gasteiger partial charge < -0.3 is 10.4 Å². The molecular weight excluding hydrogens is 328 g/mol. The smallest absolute Gasteiger partial charge is 0.390 e. The lowest BCUT2D eigenvalue weighted by atomic mass is 10.3. The lowest BCUT2D eigenvalue weighted by Crippen LogP contribution is -2.32. The number of aliphatic hydroxyl groups is 1. The minimum absolute atomic E-state index is 0.0717. The highest BCUT2D eigenvalue weighted by Gasteiger charge is 2.48. The zero-order chi connectivity index (χ0) is 16.5. The summed E-state index contributed by atoms with van der Waals surface area (Å²) in [7, 11) is -5.91. The van der Waals surface area contributed by atoms with Gasteiger partial charge >= 0.3 is 5.51 Å². The molecule has 2 N–H and O–H groups in total. The highest BCUT2D eigenvalue weighted by atomic mass is 32.2. The monoisotopic (exact) mass is 337 g/mol. The predicted molar refractivity (Wildman–Crippen MR) is 60.2 cm³/mol. The number of aliphatic hydroxyl groups excluding tert-OH is 1. The molecule has 0 bridgehead atoms. The van der Waals surface area contributed by atoms with Crippen molar-refractivity contribution in [3.63, 3.8) is 0 Å². The number of halogens is 6. The Hall–Kier alpha value is -1.49. The molecule has 21 heavy (non-hydrogen) atoms. The van der Waals surface area contributed by atoms with Gasteiger partial charge in [0.15, 0.2) is 0 Å². The fourth-order valence-electron chi connectivity index (χ4n) is 1.27. The number of anilines is 1. The molecule has 4 nitrogen and oxygen atoms in total. The van der Waals surface area contributed by atoms with E-state index in [9.17, 15) is 34.8 Å². The van der Waals surface area contributed by atoms with Crippen LogP contribution in [0.25, 0.3) is 0 Å². The van der Waals surface area contributed by atoms with Crippen LogP contribution >= 0.6 is 0 Å². The lowest BCUT2D eigenvalue weighted by Gasteiger charge is -2.18. The van der Waals surface area contributed by atoms with Crippen molar-refractivity contribution in [2.45, 2.75) is 16.3 Å². The van der Waals surface area contributed by atoms with Crippen molar-refractivity contribution >= 4 is 15.5 Å². The van der Waals surface area contributed by atoms with Crippen LogP contribution in [0.15, 0.2) is 23.1 Å². The quantitative estimate of drug-likeness (QED) is 0.808. The van der Waals surface area contributed by atoms with E-state index in [0.717, 1.165) is 0 Å². The Morgan fingerprint density at radius 2 is 1.71 bits per heavy atom. The Kier molecular flexibility index (Phi) is 4.78. The van der Waals surface area contributed by atoms with Gasteiger partial charge in [0.2, 0.25) is 0 Å². The number of sulfone groups is 1. The first kappa shape index (κ1) is 17.6. The molecule has 120 valence electrons. The summed E-state index contributed by atoms with van der Waals surface area (Å²) in [6.07, 6.45) is 0. The van der Waals surface area contributed by atoms with Gasteiger partial charge in [0.25, 0.3) is 15.8 Å². The molecule has 0 radical (unpaired) electrons. The molecule has 0 fully saturated rings. The van der Waals surface area contributed by atoms with Gasteiger partial charge in [0.05, 0.1) is 12.2 Å². The minimum atomic E-state index is -5.91. The second kappa shape index (κ2) is 5.72. The van der Waals surface area contributed by atoms with Crippen molar-refractivity contribution in [3.8, 4) is 0 Å². The van der Waals surface area contributed by atoms with Crippen molar-refractivity contribution < 1.29 is 39.9 Å². The summed E-state index contributed by atoms with van der Waals surface area (Å²) in [4.78, 5) is -1.51. The molecule has 11 heteroatoms. The maximum absolute atomic E-state index is 13.0. The standard InChI is InChI=1S/C10H9F6NO3S/c11-6-1-2-7(17-4-9(12,13)5-18)8(3-6)21(19,20)10(14,15)16/h1-3,17-18H,4-5H2. The number of alkyl halides is 5. The van der Waals surface area contributed by atoms with Crippen LogP contribution in [0.3, 0.4) is 0 Å². The van der Waals surface area contributed by atoms with E-state index in [1.54, 1.807) is 5.32 Å². The highest BCUT2D eigenvalue weighted by molar-refractivity contribution is 7.92. The molecule has 1 rings (SSSR count). The summed E-state index contributed by atoms with van der Waals surface area (Å²) in [5, 5.41) is 10.1. The molecule has 0 spiro atoms. The number of benzene rings is 1. The summed E-state index contributed by atoms with van der Waals surface area (Å²) in [6.45, 7) is -2.92. The number of hydrogen-bond donors (Lipinski definition) is 2. The summed E-state index contributed by atoms with van der Waals surface area (Å²) in [5.74, 6) is -4.97. The average Bonchev–Trinajstić information content (AvgIpc) is 2.36. The van der Waals surface area contributed by atoms with Gasteiger partial charge in [-0.05, 0) is 18.2 Å². The van der Waals surface area contributed by atoms with Crippen molar-refractivity contribution in [1.82, 2.24) is 0 Å². The van der Waals surface area contributed by atoms with Gasteiger partial charge in [-0.1, -0.05) is 0 Å². The molecule has 0 heterocycles. The Morgan fingerprint density at radius 1 is 1.14 bits per heavy atom. The maximum Gasteiger partial charge on any atom is 0.501 e. The van der Waals surface area contributed by atoms with Crippen LogP contribution in [-0.2, 0) is 9.84 Å². The van der Waals surface area contributed by atoms with Crippen LogP contribution in [0.4, 0.5) is 32.0 Å². The van der Waals surface area contributed by atoms with E-state index in [1.807, 2.05) is 0 Å². The second-order valence-corrected chi connectivity index (χ2v) is 5.87. The van der Waals surface area contributed by atoms with Crippen molar-refractivity contribution in [2.75, 3.05) is 18.5 Å².